The molecule has 1 aliphatic rings. The molecular weight excluding hydrogens is 203 g/mol. The van der Waals surface area contributed by atoms with E-state index in [0.717, 1.165) is 5.92 Å². The Labute approximate surface area is 94.3 Å². The third kappa shape index (κ3) is 2.50. The number of rotatable bonds is 2. The molecule has 1 N–H and O–H groups in total. The first-order valence-electron chi connectivity index (χ1n) is 5.57. The molecule has 0 bridgehead atoms. The van der Waals surface area contributed by atoms with E-state index in [9.17, 15) is 0 Å². The molecule has 1 unspecified atom stereocenters. The number of hydrogen-bond donors (Lipinski definition) is 1. The highest BCUT2D eigenvalue weighted by Gasteiger charge is 2.19. The number of piperidine rings is 1. The zero-order valence-corrected chi connectivity index (χ0v) is 10.4. The molecule has 0 radical (unpaired) electrons. The van der Waals surface area contributed by atoms with E-state index in [2.05, 4.69) is 43.6 Å². The number of nitrogens with one attached hydrogen (secondary N) is 1. The van der Waals surface area contributed by atoms with Crippen LogP contribution in [0.5, 0.6) is 0 Å². The van der Waals surface area contributed by atoms with Gasteiger partial charge in [0.2, 0.25) is 0 Å². The van der Waals surface area contributed by atoms with Crippen LogP contribution in [-0.4, -0.2) is 24.8 Å². The van der Waals surface area contributed by atoms with E-state index < -0.39 is 0 Å². The van der Waals surface area contributed by atoms with Gasteiger partial charge in [-0.25, -0.2) is 0 Å². The predicted octanol–water partition coefficient (Wildman–Crippen LogP) is 2.70. The Bertz CT molecular complexity index is 319. The van der Waals surface area contributed by atoms with Crippen molar-refractivity contribution >= 4 is 15.1 Å². The van der Waals surface area contributed by atoms with Gasteiger partial charge in [0.15, 0.2) is 0 Å². The number of anilines is 1. The average Bonchev–Trinajstić information content (AvgIpc) is 2.30. The molecular formula is C12H19N2P. The quantitative estimate of drug-likeness (QED) is 0.774. The number of hydrogen-bond acceptors (Lipinski definition) is 2. The van der Waals surface area contributed by atoms with Crippen LogP contribution in [0, 0.1) is 0 Å². The summed E-state index contributed by atoms with van der Waals surface area (Å²) in [5, 5.41) is 3.29. The van der Waals surface area contributed by atoms with Crippen LogP contribution in [0.15, 0.2) is 24.3 Å². The van der Waals surface area contributed by atoms with Gasteiger partial charge in [0.05, 0.1) is 0 Å². The van der Waals surface area contributed by atoms with Crippen molar-refractivity contribution in [3.63, 3.8) is 0 Å². The Morgan fingerprint density at radius 3 is 2.60 bits per heavy atom. The van der Waals surface area contributed by atoms with Gasteiger partial charge in [-0.2, -0.15) is 0 Å². The van der Waals surface area contributed by atoms with Crippen LogP contribution in [0.3, 0.4) is 0 Å². The van der Waals surface area contributed by atoms with Gasteiger partial charge in [0.25, 0.3) is 0 Å². The van der Waals surface area contributed by atoms with Crippen molar-refractivity contribution in [3.8, 4) is 0 Å². The molecule has 1 fully saturated rings. The summed E-state index contributed by atoms with van der Waals surface area (Å²) in [7, 11) is 4.80. The maximum Gasteiger partial charge on any atom is 0.0372 e. The molecule has 0 amide bonds. The fourth-order valence-corrected chi connectivity index (χ4v) is 2.59. The normalized spacial score (nSPS) is 19.1. The minimum Gasteiger partial charge on any atom is -0.388 e. The van der Waals surface area contributed by atoms with Gasteiger partial charge in [-0.1, -0.05) is 27.6 Å². The van der Waals surface area contributed by atoms with E-state index in [-0.39, 0.29) is 0 Å². The van der Waals surface area contributed by atoms with Gasteiger partial charge >= 0.3 is 0 Å². The first-order valence-corrected chi connectivity index (χ1v) is 6.09. The second-order valence-corrected chi connectivity index (χ2v) is 4.88. The van der Waals surface area contributed by atoms with Gasteiger partial charge in [-0.15, -0.1) is 0 Å². The Kier molecular flexibility index (Phi) is 3.61. The van der Waals surface area contributed by atoms with Crippen LogP contribution in [0.2, 0.25) is 0 Å². The van der Waals surface area contributed by atoms with Crippen LogP contribution >= 0.6 is 9.39 Å². The number of nitrogens with zero attached hydrogens (tertiary/aromatic N) is 1. The number of para-hydroxylation sites is 1. The molecule has 0 saturated carbocycles. The van der Waals surface area contributed by atoms with Crippen LogP contribution in [0.4, 0.5) is 5.69 Å². The standard InChI is InChI=1S/C12H19N2P/c1-13-12-5-3-2-4-11(12)10-6-8-14(15)9-7-10/h2-5,10,13H,6-9,15H2,1H3. The highest BCUT2D eigenvalue weighted by Crippen LogP contribution is 2.33. The topological polar surface area (TPSA) is 15.3 Å². The van der Waals surface area contributed by atoms with E-state index in [1.807, 2.05) is 7.05 Å². The Morgan fingerprint density at radius 1 is 1.27 bits per heavy atom. The van der Waals surface area contributed by atoms with Crippen molar-refractivity contribution in [1.29, 1.82) is 0 Å². The average molecular weight is 222 g/mol. The number of benzene rings is 1. The first kappa shape index (κ1) is 10.9. The Hall–Kier alpha value is -0.590. The molecule has 82 valence electrons. The summed E-state index contributed by atoms with van der Waals surface area (Å²) in [5.41, 5.74) is 2.78. The van der Waals surface area contributed by atoms with Gasteiger partial charge in [0.1, 0.15) is 0 Å². The van der Waals surface area contributed by atoms with Crippen molar-refractivity contribution in [2.45, 2.75) is 18.8 Å². The van der Waals surface area contributed by atoms with Crippen molar-refractivity contribution in [2.24, 2.45) is 0 Å². The molecule has 1 aliphatic heterocycles. The largest absolute Gasteiger partial charge is 0.388 e. The molecule has 1 atom stereocenters. The molecule has 3 heteroatoms. The molecule has 1 aromatic carbocycles. The molecule has 0 aromatic heterocycles. The van der Waals surface area contributed by atoms with Gasteiger partial charge in [0, 0.05) is 25.8 Å². The second-order valence-electron chi connectivity index (χ2n) is 4.15. The van der Waals surface area contributed by atoms with Crippen LogP contribution in [0.1, 0.15) is 24.3 Å². The van der Waals surface area contributed by atoms with E-state index in [1.54, 1.807) is 0 Å². The highest BCUT2D eigenvalue weighted by molar-refractivity contribution is 7.13. The fourth-order valence-electron chi connectivity index (χ4n) is 2.29. The maximum absolute atomic E-state index is 3.29. The lowest BCUT2D eigenvalue weighted by atomic mass is 9.89. The minimum absolute atomic E-state index is 0.727. The van der Waals surface area contributed by atoms with Gasteiger partial charge in [-0.05, 0) is 30.4 Å². The van der Waals surface area contributed by atoms with E-state index in [4.69, 9.17) is 0 Å². The predicted molar refractivity (Wildman–Crippen MR) is 69.2 cm³/mol. The maximum atomic E-state index is 3.29. The van der Waals surface area contributed by atoms with Crippen molar-refractivity contribution in [1.82, 2.24) is 4.67 Å². The summed E-state index contributed by atoms with van der Waals surface area (Å²) in [6.07, 6.45) is 2.53. The summed E-state index contributed by atoms with van der Waals surface area (Å²) >= 11 is 0. The zero-order chi connectivity index (χ0) is 10.7. The van der Waals surface area contributed by atoms with Gasteiger partial charge in [-0.3, -0.25) is 4.67 Å². The lowest BCUT2D eigenvalue weighted by molar-refractivity contribution is 0.345. The lowest BCUT2D eigenvalue weighted by Gasteiger charge is -2.30. The van der Waals surface area contributed by atoms with Crippen LogP contribution in [-0.2, 0) is 0 Å². The molecule has 1 aromatic rings. The highest BCUT2D eigenvalue weighted by atomic mass is 31.0. The smallest absolute Gasteiger partial charge is 0.0372 e. The van der Waals surface area contributed by atoms with Crippen molar-refractivity contribution in [2.75, 3.05) is 25.5 Å². The minimum atomic E-state index is 0.727. The third-order valence-electron chi connectivity index (χ3n) is 3.20. The van der Waals surface area contributed by atoms with Crippen LogP contribution < -0.4 is 5.32 Å². The summed E-state index contributed by atoms with van der Waals surface area (Å²) in [5.74, 6) is 0.727. The molecule has 0 aliphatic carbocycles. The van der Waals surface area contributed by atoms with Crippen molar-refractivity contribution in [3.05, 3.63) is 29.8 Å². The summed E-state index contributed by atoms with van der Waals surface area (Å²) < 4.78 is 2.33. The fraction of sp³-hybridized carbons (Fsp3) is 0.500. The monoisotopic (exact) mass is 222 g/mol. The molecule has 0 spiro atoms. The molecule has 15 heavy (non-hydrogen) atoms. The Balaban J connectivity index is 2.15. The first-order chi connectivity index (χ1) is 7.31. The summed E-state index contributed by atoms with van der Waals surface area (Å²) in [6, 6.07) is 8.67. The molecule has 2 nitrogen and oxygen atoms in total. The van der Waals surface area contributed by atoms with E-state index >= 15 is 0 Å². The third-order valence-corrected chi connectivity index (χ3v) is 3.72. The summed E-state index contributed by atoms with van der Waals surface area (Å²) in [4.78, 5) is 0. The van der Waals surface area contributed by atoms with E-state index in [0.29, 0.717) is 0 Å². The van der Waals surface area contributed by atoms with Gasteiger partial charge < -0.3 is 5.32 Å². The molecule has 2 rings (SSSR count). The Morgan fingerprint density at radius 2 is 1.93 bits per heavy atom. The second kappa shape index (κ2) is 4.96. The summed E-state index contributed by atoms with van der Waals surface area (Å²) in [6.45, 7) is 2.38. The SMILES string of the molecule is CNc1ccccc1C1CCN(P)CC1. The lowest BCUT2D eigenvalue weighted by Crippen LogP contribution is -2.25. The zero-order valence-electron chi connectivity index (χ0n) is 9.24. The van der Waals surface area contributed by atoms with Crippen molar-refractivity contribution < 1.29 is 0 Å². The van der Waals surface area contributed by atoms with Crippen LogP contribution in [0.25, 0.3) is 0 Å². The molecule has 1 heterocycles. The van der Waals surface area contributed by atoms with E-state index in [1.165, 1.54) is 37.2 Å². The molecule has 1 saturated heterocycles.